The van der Waals surface area contributed by atoms with Gasteiger partial charge in [-0.15, -0.1) is 0 Å². The van der Waals surface area contributed by atoms with Gasteiger partial charge in [0, 0.05) is 39.4 Å². The van der Waals surface area contributed by atoms with Gasteiger partial charge in [-0.1, -0.05) is 174 Å². The lowest BCUT2D eigenvalue weighted by Gasteiger charge is -2.53. The van der Waals surface area contributed by atoms with E-state index in [4.69, 9.17) is 4.42 Å². The first-order valence-corrected chi connectivity index (χ1v) is 27.4. The maximum Gasteiger partial charge on any atom is 0.296 e. The smallest absolute Gasteiger partial charge is 0.296 e. The van der Waals surface area contributed by atoms with Crippen LogP contribution in [0.1, 0.15) is 164 Å². The third-order valence-corrected chi connectivity index (χ3v) is 19.0. The first-order chi connectivity index (χ1) is 33.6. The minimum absolute atomic E-state index is 0.0318. The molecule has 1 fully saturated rings. The highest BCUT2D eigenvalue weighted by Gasteiger charge is 2.53. The van der Waals surface area contributed by atoms with Crippen LogP contribution in [0.15, 0.2) is 153 Å². The molecular weight excluding hydrogens is 860 g/mol. The first kappa shape index (κ1) is 46.6. The highest BCUT2D eigenvalue weighted by molar-refractivity contribution is 6.95. The Kier molecular flexibility index (Phi) is 10.5. The van der Waals surface area contributed by atoms with Crippen LogP contribution >= 0.6 is 0 Å². The van der Waals surface area contributed by atoms with Crippen molar-refractivity contribution in [2.75, 3.05) is 9.80 Å². The number of allylic oxidation sites excluding steroid dienone is 10. The molecule has 364 valence electrons. The molecule has 3 nitrogen and oxygen atoms in total. The summed E-state index contributed by atoms with van der Waals surface area (Å²) in [5, 5.41) is 1.21. The molecule has 4 aromatic carbocycles. The third kappa shape index (κ3) is 7.33. The summed E-state index contributed by atoms with van der Waals surface area (Å²) < 4.78 is 7.59. The van der Waals surface area contributed by atoms with E-state index >= 15 is 0 Å². The van der Waals surface area contributed by atoms with E-state index in [-0.39, 0.29) is 33.8 Å². The van der Waals surface area contributed by atoms with Crippen molar-refractivity contribution >= 4 is 57.1 Å². The molecule has 2 unspecified atom stereocenters. The second-order valence-corrected chi connectivity index (χ2v) is 26.8. The van der Waals surface area contributed by atoms with E-state index in [0.717, 1.165) is 36.9 Å². The molecule has 0 radical (unpaired) electrons. The van der Waals surface area contributed by atoms with Gasteiger partial charge in [-0.2, -0.15) is 0 Å². The number of benzene rings is 4. The molecule has 0 N–H and O–H groups in total. The maximum atomic E-state index is 7.59. The van der Waals surface area contributed by atoms with E-state index in [0.29, 0.717) is 17.8 Å². The number of anilines is 4. The molecule has 71 heavy (non-hydrogen) atoms. The summed E-state index contributed by atoms with van der Waals surface area (Å²) in [6, 6.07) is 33.0. The Morgan fingerprint density at radius 2 is 1.44 bits per heavy atom. The Bertz CT molecular complexity index is 3240. The fraction of sp³-hybridized carbons (Fsp3) is 0.433. The largest absolute Gasteiger partial charge is 0.468 e. The average Bonchev–Trinajstić information content (AvgIpc) is 3.72. The van der Waals surface area contributed by atoms with Crippen LogP contribution in [-0.2, 0) is 16.2 Å². The predicted octanol–water partition coefficient (Wildman–Crippen LogP) is 17.2. The molecule has 12 rings (SSSR count). The lowest BCUT2D eigenvalue weighted by molar-refractivity contribution is 0.121. The lowest BCUT2D eigenvalue weighted by Crippen LogP contribution is -2.57. The van der Waals surface area contributed by atoms with Gasteiger partial charge in [-0.25, -0.2) is 0 Å². The average molecular weight is 937 g/mol. The Morgan fingerprint density at radius 1 is 0.718 bits per heavy atom. The second-order valence-electron chi connectivity index (χ2n) is 26.8. The molecular formula is C67H77BN2O. The zero-order valence-electron chi connectivity index (χ0n) is 45.2. The molecule has 4 heteroatoms. The molecule has 1 aromatic heterocycles. The highest BCUT2D eigenvalue weighted by atomic mass is 16.3. The van der Waals surface area contributed by atoms with E-state index in [1.165, 1.54) is 115 Å². The van der Waals surface area contributed by atoms with E-state index in [2.05, 4.69) is 215 Å². The van der Waals surface area contributed by atoms with Crippen molar-refractivity contribution < 1.29 is 4.42 Å². The van der Waals surface area contributed by atoms with Gasteiger partial charge in [0.05, 0.1) is 11.3 Å². The van der Waals surface area contributed by atoms with E-state index in [1.807, 2.05) is 0 Å². The van der Waals surface area contributed by atoms with Gasteiger partial charge in [-0.3, -0.25) is 0 Å². The van der Waals surface area contributed by atoms with Crippen molar-refractivity contribution in [1.82, 2.24) is 0 Å². The molecule has 1 saturated carbocycles. The Morgan fingerprint density at radius 3 is 2.17 bits per heavy atom. The van der Waals surface area contributed by atoms with Crippen molar-refractivity contribution in [3.63, 3.8) is 0 Å². The molecule has 2 aliphatic heterocycles. The van der Waals surface area contributed by atoms with Crippen molar-refractivity contribution in [2.24, 2.45) is 28.6 Å². The fourth-order valence-electron chi connectivity index (χ4n) is 14.2. The van der Waals surface area contributed by atoms with Gasteiger partial charge in [0.2, 0.25) is 0 Å². The number of hydrogen-bond acceptors (Lipinski definition) is 3. The molecule has 5 aromatic rings. The summed E-state index contributed by atoms with van der Waals surface area (Å²) in [4.78, 5) is 5.43. The Labute approximate surface area is 426 Å². The van der Waals surface area contributed by atoms with E-state index in [9.17, 15) is 0 Å². The van der Waals surface area contributed by atoms with Crippen molar-refractivity contribution in [3.05, 3.63) is 171 Å². The monoisotopic (exact) mass is 937 g/mol. The summed E-state index contributed by atoms with van der Waals surface area (Å²) in [7, 11) is 0. The molecule has 5 aliphatic carbocycles. The Balaban J connectivity index is 1.15. The topological polar surface area (TPSA) is 19.6 Å². The summed E-state index contributed by atoms with van der Waals surface area (Å²) in [5.74, 6) is 1.40. The molecule has 3 heterocycles. The summed E-state index contributed by atoms with van der Waals surface area (Å²) in [6.45, 7) is 31.8. The molecule has 0 amide bonds. The van der Waals surface area contributed by atoms with Crippen molar-refractivity contribution in [2.45, 2.75) is 158 Å². The fourth-order valence-corrected chi connectivity index (χ4v) is 14.2. The van der Waals surface area contributed by atoms with Crippen LogP contribution in [0.4, 0.5) is 22.7 Å². The van der Waals surface area contributed by atoms with Crippen molar-refractivity contribution in [1.29, 1.82) is 0 Å². The molecule has 0 bridgehead atoms. The van der Waals surface area contributed by atoms with Gasteiger partial charge >= 0.3 is 0 Å². The number of hydrogen-bond donors (Lipinski definition) is 0. The normalized spacial score (nSPS) is 23.7. The van der Waals surface area contributed by atoms with Crippen LogP contribution in [0, 0.1) is 28.6 Å². The quantitative estimate of drug-likeness (QED) is 0.164. The van der Waals surface area contributed by atoms with Crippen molar-refractivity contribution in [3.8, 4) is 0 Å². The minimum atomic E-state index is -0.0648. The van der Waals surface area contributed by atoms with Crippen LogP contribution in [0.25, 0.3) is 16.5 Å². The van der Waals surface area contributed by atoms with Crippen LogP contribution < -0.4 is 20.9 Å². The zero-order valence-corrected chi connectivity index (χ0v) is 45.2. The second kappa shape index (κ2) is 16.0. The van der Waals surface area contributed by atoms with Gasteiger partial charge in [0.25, 0.3) is 6.71 Å². The van der Waals surface area contributed by atoms with Gasteiger partial charge < -0.3 is 14.2 Å². The number of rotatable bonds is 5. The van der Waals surface area contributed by atoms with E-state index < -0.39 is 0 Å². The SMILES string of the molecule is CC(C)C1C=C(C2=CCCC(c3ccccc3)=C2)C(N2c3cccc4c3B(C3=C(CC5C(=C3)C(C)(C)CCC5(C)C)N4c3ccc4c(c3)C(C)(C)CCC4(C)C)c3oc4ccc(C(C)(C)C)cc4c32)=CC1. The van der Waals surface area contributed by atoms with Gasteiger partial charge in [-0.05, 0) is 177 Å². The summed E-state index contributed by atoms with van der Waals surface area (Å²) >= 11 is 0. The van der Waals surface area contributed by atoms with Gasteiger partial charge in [0.1, 0.15) is 5.58 Å². The standard InChI is InChI=1S/C67H77BN2O/c1-41(2)43-25-29-55(48(36-43)45-22-17-21-44(35-45)42-19-15-14-16-20-42)70-57-24-18-23-56-60(57)68(62-61(70)49-37-46(63(3,4)5)26-30-59(49)71-62)54-39-52-53(67(12,13)34-33-66(52,10)11)40-58(54)69(56)47-27-28-50-51(38-47)65(8,9)32-31-64(50,6)7/h14-16,18-20,22-24,26-30,35-39,41,43,53H,17,21,25,31-34,40H2,1-13H3. The highest BCUT2D eigenvalue weighted by Crippen LogP contribution is 2.60. The number of fused-ring (bicyclic) bond motifs is 7. The summed E-state index contributed by atoms with van der Waals surface area (Å²) in [5.41, 5.74) is 24.5. The molecule has 2 atom stereocenters. The first-order valence-electron chi connectivity index (χ1n) is 27.4. The summed E-state index contributed by atoms with van der Waals surface area (Å²) in [6.07, 6.45) is 21.9. The predicted molar refractivity (Wildman–Crippen MR) is 303 cm³/mol. The van der Waals surface area contributed by atoms with E-state index in [1.54, 1.807) is 5.57 Å². The third-order valence-electron chi connectivity index (χ3n) is 19.0. The lowest BCUT2D eigenvalue weighted by atomic mass is 9.33. The number of furan rings is 1. The van der Waals surface area contributed by atoms with Gasteiger partial charge in [0.15, 0.2) is 0 Å². The Hall–Kier alpha value is -5.48. The zero-order chi connectivity index (χ0) is 49.7. The minimum Gasteiger partial charge on any atom is -0.468 e. The molecule has 0 spiro atoms. The van der Waals surface area contributed by atoms with Crippen LogP contribution in [0.2, 0.25) is 0 Å². The molecule has 7 aliphatic rings. The maximum absolute atomic E-state index is 7.59. The van der Waals surface area contributed by atoms with Crippen LogP contribution in [0.3, 0.4) is 0 Å². The molecule has 0 saturated heterocycles. The van der Waals surface area contributed by atoms with Crippen LogP contribution in [0.5, 0.6) is 0 Å². The number of nitrogens with zero attached hydrogens (tertiary/aromatic N) is 2. The van der Waals surface area contributed by atoms with Crippen LogP contribution in [-0.4, -0.2) is 6.71 Å².